The van der Waals surface area contributed by atoms with Crippen molar-refractivity contribution in [2.45, 2.75) is 61.0 Å². The van der Waals surface area contributed by atoms with E-state index in [-0.39, 0.29) is 35.4 Å². The van der Waals surface area contributed by atoms with Gasteiger partial charge in [-0.05, 0) is 67.9 Å². The molecule has 2 aliphatic rings. The smallest absolute Gasteiger partial charge is 0.181 e. The highest BCUT2D eigenvalue weighted by Gasteiger charge is 2.37. The van der Waals surface area contributed by atoms with Crippen LogP contribution in [0.3, 0.4) is 0 Å². The summed E-state index contributed by atoms with van der Waals surface area (Å²) in [5, 5.41) is -0.283. The van der Waals surface area contributed by atoms with Gasteiger partial charge in [-0.25, -0.2) is 12.8 Å². The van der Waals surface area contributed by atoms with E-state index in [9.17, 15) is 22.4 Å². The van der Waals surface area contributed by atoms with Gasteiger partial charge in [-0.2, -0.15) is 0 Å². The molecule has 1 unspecified atom stereocenters. The van der Waals surface area contributed by atoms with Crippen molar-refractivity contribution in [1.29, 1.82) is 0 Å². The fourth-order valence-corrected chi connectivity index (χ4v) is 5.97. The van der Waals surface area contributed by atoms with Crippen molar-refractivity contribution in [2.75, 3.05) is 13.2 Å². The van der Waals surface area contributed by atoms with Crippen molar-refractivity contribution in [3.63, 3.8) is 0 Å². The van der Waals surface area contributed by atoms with E-state index in [2.05, 4.69) is 4.98 Å². The van der Waals surface area contributed by atoms with E-state index in [1.54, 1.807) is 24.3 Å². The Morgan fingerprint density at radius 2 is 1.70 bits per heavy atom. The molecule has 2 heterocycles. The Bertz CT molecular complexity index is 1090. The zero-order valence-electron chi connectivity index (χ0n) is 18.4. The number of benzene rings is 1. The van der Waals surface area contributed by atoms with Crippen LogP contribution in [0.15, 0.2) is 47.5 Å². The molecule has 1 atom stereocenters. The zero-order valence-corrected chi connectivity index (χ0v) is 19.2. The number of carbonyl (C=O) groups is 2. The van der Waals surface area contributed by atoms with Crippen LogP contribution < -0.4 is 0 Å². The molecule has 33 heavy (non-hydrogen) atoms. The Hall–Kier alpha value is -2.45. The van der Waals surface area contributed by atoms with Gasteiger partial charge in [0.15, 0.2) is 15.6 Å². The molecule has 1 aliphatic heterocycles. The molecule has 4 rings (SSSR count). The second kappa shape index (κ2) is 10.2. The second-order valence-electron chi connectivity index (χ2n) is 8.91. The van der Waals surface area contributed by atoms with Gasteiger partial charge in [0.2, 0.25) is 0 Å². The molecule has 0 N–H and O–H groups in total. The van der Waals surface area contributed by atoms with E-state index in [0.29, 0.717) is 43.3 Å². The predicted octanol–water partition coefficient (Wildman–Crippen LogP) is 4.29. The second-order valence-corrected chi connectivity index (χ2v) is 11.1. The van der Waals surface area contributed by atoms with Crippen molar-refractivity contribution in [3.8, 4) is 0 Å². The number of carbonyl (C=O) groups excluding carboxylic acids is 2. The van der Waals surface area contributed by atoms with E-state index < -0.39 is 21.6 Å². The number of aromatic nitrogens is 1. The van der Waals surface area contributed by atoms with Crippen molar-refractivity contribution in [3.05, 3.63) is 59.7 Å². The fraction of sp³-hybridized carbons (Fsp3) is 0.480. The van der Waals surface area contributed by atoms with Gasteiger partial charge < -0.3 is 4.74 Å². The van der Waals surface area contributed by atoms with Crippen LogP contribution in [0.25, 0.3) is 0 Å². The first-order chi connectivity index (χ1) is 15.8. The summed E-state index contributed by atoms with van der Waals surface area (Å²) in [6.07, 6.45) is 4.81. The number of nitrogens with zero attached hydrogens (tertiary/aromatic N) is 1. The third-order valence-corrected chi connectivity index (χ3v) is 8.76. The highest BCUT2D eigenvalue weighted by molar-refractivity contribution is 7.92. The SMILES string of the molecule is O=C(CCC(=O)C(CC1CCOCC1)c1ccc(S(=O)(=O)C2CC2)cc1)c1ccc(F)cn1. The van der Waals surface area contributed by atoms with Crippen molar-refractivity contribution < 1.29 is 27.1 Å². The molecule has 2 fully saturated rings. The van der Waals surface area contributed by atoms with Gasteiger partial charge >= 0.3 is 0 Å². The molecule has 0 bridgehead atoms. The van der Waals surface area contributed by atoms with E-state index >= 15 is 0 Å². The minimum Gasteiger partial charge on any atom is -0.381 e. The molecule has 0 spiro atoms. The van der Waals surface area contributed by atoms with Crippen molar-refractivity contribution >= 4 is 21.4 Å². The molecule has 1 saturated heterocycles. The number of Topliss-reactive ketones (excluding diaryl/α,β-unsaturated/α-hetero) is 2. The normalized spacial score (nSPS) is 18.1. The zero-order chi connectivity index (χ0) is 23.4. The largest absolute Gasteiger partial charge is 0.381 e. The maximum Gasteiger partial charge on any atom is 0.181 e. The van der Waals surface area contributed by atoms with Crippen LogP contribution in [-0.4, -0.2) is 43.4 Å². The maximum absolute atomic E-state index is 13.2. The highest BCUT2D eigenvalue weighted by atomic mass is 32.2. The first-order valence-corrected chi connectivity index (χ1v) is 13.0. The Kier molecular flexibility index (Phi) is 7.34. The van der Waals surface area contributed by atoms with Crippen LogP contribution >= 0.6 is 0 Å². The minimum atomic E-state index is -3.29. The number of hydrogen-bond acceptors (Lipinski definition) is 6. The number of rotatable bonds is 10. The van der Waals surface area contributed by atoms with Crippen LogP contribution in [0.2, 0.25) is 0 Å². The van der Waals surface area contributed by atoms with E-state index in [1.807, 2.05) is 0 Å². The number of hydrogen-bond donors (Lipinski definition) is 0. The molecular weight excluding hydrogens is 445 g/mol. The lowest BCUT2D eigenvalue weighted by Gasteiger charge is -2.26. The molecule has 8 heteroatoms. The summed E-state index contributed by atoms with van der Waals surface area (Å²) in [6, 6.07) is 9.16. The van der Waals surface area contributed by atoms with Gasteiger partial charge in [0, 0.05) is 32.0 Å². The third-order valence-electron chi connectivity index (χ3n) is 6.48. The van der Waals surface area contributed by atoms with Gasteiger partial charge in [0.25, 0.3) is 0 Å². The van der Waals surface area contributed by atoms with E-state index in [4.69, 9.17) is 4.74 Å². The summed E-state index contributed by atoms with van der Waals surface area (Å²) >= 11 is 0. The van der Waals surface area contributed by atoms with Crippen molar-refractivity contribution in [2.24, 2.45) is 5.92 Å². The number of sulfone groups is 1. The molecule has 1 aromatic heterocycles. The molecule has 0 radical (unpaired) electrons. The average molecular weight is 474 g/mol. The standard InChI is InChI=1S/C25H28FNO5S/c26-19-3-8-23(27-16-19)25(29)10-9-24(28)22(15-17-11-13-32-14-12-17)18-1-4-20(5-2-18)33(30,31)21-6-7-21/h1-5,8,16-17,21-22H,6-7,9-15H2. The van der Waals surface area contributed by atoms with Crippen LogP contribution in [-0.2, 0) is 19.4 Å². The molecule has 1 aromatic carbocycles. The Morgan fingerprint density at radius 1 is 1.00 bits per heavy atom. The van der Waals surface area contributed by atoms with E-state index in [1.165, 1.54) is 12.1 Å². The van der Waals surface area contributed by atoms with Crippen LogP contribution in [0.4, 0.5) is 4.39 Å². The lowest BCUT2D eigenvalue weighted by atomic mass is 9.81. The van der Waals surface area contributed by atoms with Gasteiger partial charge in [-0.1, -0.05) is 12.1 Å². The lowest BCUT2D eigenvalue weighted by Crippen LogP contribution is -2.22. The molecular formula is C25H28FNO5S. The lowest BCUT2D eigenvalue weighted by molar-refractivity contribution is -0.121. The third kappa shape index (κ3) is 5.92. The number of ether oxygens (including phenoxy) is 1. The van der Waals surface area contributed by atoms with E-state index in [0.717, 1.165) is 24.6 Å². The molecule has 2 aromatic rings. The fourth-order valence-electron chi connectivity index (χ4n) is 4.31. The number of pyridine rings is 1. The molecule has 1 aliphatic carbocycles. The Labute approximate surface area is 193 Å². The average Bonchev–Trinajstić information content (AvgIpc) is 3.68. The first-order valence-electron chi connectivity index (χ1n) is 11.4. The summed E-state index contributed by atoms with van der Waals surface area (Å²) in [4.78, 5) is 29.7. The minimum absolute atomic E-state index is 0.00408. The summed E-state index contributed by atoms with van der Waals surface area (Å²) in [5.41, 5.74) is 0.911. The van der Waals surface area contributed by atoms with Crippen LogP contribution in [0.1, 0.15) is 66.9 Å². The summed E-state index contributed by atoms with van der Waals surface area (Å²) < 4.78 is 43.5. The molecule has 1 saturated carbocycles. The predicted molar refractivity (Wildman–Crippen MR) is 120 cm³/mol. The topological polar surface area (TPSA) is 90.4 Å². The Balaban J connectivity index is 1.48. The number of halogens is 1. The quantitative estimate of drug-likeness (QED) is 0.478. The molecule has 6 nitrogen and oxygen atoms in total. The van der Waals surface area contributed by atoms with Crippen molar-refractivity contribution in [1.82, 2.24) is 4.98 Å². The molecule has 0 amide bonds. The summed E-state index contributed by atoms with van der Waals surface area (Å²) in [6.45, 7) is 1.33. The monoisotopic (exact) mass is 473 g/mol. The van der Waals surface area contributed by atoms with Gasteiger partial charge in [-0.15, -0.1) is 0 Å². The summed E-state index contributed by atoms with van der Waals surface area (Å²) in [7, 11) is -3.29. The first kappa shape index (κ1) is 23.7. The summed E-state index contributed by atoms with van der Waals surface area (Å²) in [5.74, 6) is -0.975. The van der Waals surface area contributed by atoms with Gasteiger partial charge in [0.05, 0.1) is 16.3 Å². The number of ketones is 2. The highest BCUT2D eigenvalue weighted by Crippen LogP contribution is 2.35. The van der Waals surface area contributed by atoms with Crippen LogP contribution in [0, 0.1) is 11.7 Å². The maximum atomic E-state index is 13.2. The van der Waals surface area contributed by atoms with Crippen LogP contribution in [0.5, 0.6) is 0 Å². The Morgan fingerprint density at radius 3 is 2.30 bits per heavy atom. The van der Waals surface area contributed by atoms with Gasteiger partial charge in [0.1, 0.15) is 17.3 Å². The molecule has 176 valence electrons. The van der Waals surface area contributed by atoms with Gasteiger partial charge in [-0.3, -0.25) is 14.6 Å².